The van der Waals surface area contributed by atoms with Crippen molar-refractivity contribution in [2.24, 2.45) is 0 Å². The van der Waals surface area contributed by atoms with Crippen LogP contribution in [0.4, 0.5) is 0 Å². The summed E-state index contributed by atoms with van der Waals surface area (Å²) in [6, 6.07) is 8.20. The predicted molar refractivity (Wildman–Crippen MR) is 67.9 cm³/mol. The quantitative estimate of drug-likeness (QED) is 0.866. The molecule has 0 aromatic heterocycles. The molecule has 1 aromatic carbocycles. The van der Waals surface area contributed by atoms with Gasteiger partial charge in [0.25, 0.3) is 0 Å². The first-order valence-corrected chi connectivity index (χ1v) is 6.44. The topological polar surface area (TPSA) is 37.3 Å². The molecule has 2 nitrogen and oxygen atoms in total. The van der Waals surface area contributed by atoms with Gasteiger partial charge in [0.15, 0.2) is 0 Å². The van der Waals surface area contributed by atoms with Gasteiger partial charge >= 0.3 is 0 Å². The number of Topliss-reactive ketones (excluding diaryl/α,β-unsaturated/α-hetero) is 1. The average Bonchev–Trinajstić information content (AvgIpc) is 2.28. The van der Waals surface area contributed by atoms with Crippen molar-refractivity contribution in [3.8, 4) is 0 Å². The van der Waals surface area contributed by atoms with E-state index in [1.165, 1.54) is 11.1 Å². The van der Waals surface area contributed by atoms with Gasteiger partial charge in [-0.3, -0.25) is 4.79 Å². The van der Waals surface area contributed by atoms with Crippen molar-refractivity contribution in [2.75, 3.05) is 0 Å². The fraction of sp³-hybridized carbons (Fsp3) is 0.533. The highest BCUT2D eigenvalue weighted by molar-refractivity contribution is 5.79. The molecular formula is C15H20O2. The van der Waals surface area contributed by atoms with E-state index < -0.39 is 5.60 Å². The number of carbonyl (C=O) groups is 1. The minimum Gasteiger partial charge on any atom is -0.389 e. The molecule has 0 saturated heterocycles. The third-order valence-corrected chi connectivity index (χ3v) is 3.55. The molecule has 2 heteroatoms. The molecule has 1 aliphatic carbocycles. The number of rotatable bonds is 4. The molecule has 1 N–H and O–H groups in total. The molecule has 0 radical (unpaired) electrons. The van der Waals surface area contributed by atoms with E-state index in [2.05, 4.69) is 12.1 Å². The van der Waals surface area contributed by atoms with Gasteiger partial charge in [0.2, 0.25) is 0 Å². The van der Waals surface area contributed by atoms with Crippen molar-refractivity contribution in [1.29, 1.82) is 0 Å². The molecule has 0 aliphatic heterocycles. The van der Waals surface area contributed by atoms with Crippen LogP contribution in [0.15, 0.2) is 24.3 Å². The molecule has 0 fully saturated rings. The van der Waals surface area contributed by atoms with E-state index in [4.69, 9.17) is 0 Å². The number of aliphatic hydroxyl groups is 1. The summed E-state index contributed by atoms with van der Waals surface area (Å²) in [5.41, 5.74) is 1.71. The third-order valence-electron chi connectivity index (χ3n) is 3.55. The summed E-state index contributed by atoms with van der Waals surface area (Å²) < 4.78 is 0. The summed E-state index contributed by atoms with van der Waals surface area (Å²) in [5, 5.41) is 10.5. The van der Waals surface area contributed by atoms with Gasteiger partial charge in [-0.05, 0) is 30.4 Å². The highest BCUT2D eigenvalue weighted by atomic mass is 16.3. The van der Waals surface area contributed by atoms with Crippen LogP contribution in [-0.2, 0) is 17.6 Å². The molecule has 2 rings (SSSR count). The van der Waals surface area contributed by atoms with Crippen molar-refractivity contribution in [3.63, 3.8) is 0 Å². The molecule has 0 saturated carbocycles. The fourth-order valence-corrected chi connectivity index (χ4v) is 2.67. The highest BCUT2D eigenvalue weighted by Crippen LogP contribution is 2.31. The van der Waals surface area contributed by atoms with E-state index in [1.807, 2.05) is 19.1 Å². The molecule has 1 atom stereocenters. The van der Waals surface area contributed by atoms with E-state index in [0.29, 0.717) is 25.7 Å². The van der Waals surface area contributed by atoms with Gasteiger partial charge in [-0.25, -0.2) is 0 Å². The Hall–Kier alpha value is -1.15. The zero-order valence-electron chi connectivity index (χ0n) is 10.4. The monoisotopic (exact) mass is 232 g/mol. The lowest BCUT2D eigenvalue weighted by Gasteiger charge is -2.33. The van der Waals surface area contributed by atoms with Crippen molar-refractivity contribution >= 4 is 5.78 Å². The maximum Gasteiger partial charge on any atom is 0.135 e. The molecule has 1 aromatic rings. The number of benzene rings is 1. The smallest absolute Gasteiger partial charge is 0.135 e. The molecule has 1 unspecified atom stereocenters. The first kappa shape index (κ1) is 12.3. The Balaban J connectivity index is 2.07. The van der Waals surface area contributed by atoms with Crippen LogP contribution in [0, 0.1) is 0 Å². The first-order chi connectivity index (χ1) is 8.13. The summed E-state index contributed by atoms with van der Waals surface area (Å²) in [5.74, 6) is 0.189. The number of aryl methyl sites for hydroxylation is 1. The zero-order chi connectivity index (χ0) is 12.3. The zero-order valence-corrected chi connectivity index (χ0v) is 10.4. The van der Waals surface area contributed by atoms with Crippen molar-refractivity contribution < 1.29 is 9.90 Å². The van der Waals surface area contributed by atoms with Crippen molar-refractivity contribution in [3.05, 3.63) is 35.4 Å². The van der Waals surface area contributed by atoms with Gasteiger partial charge in [0.1, 0.15) is 5.78 Å². The van der Waals surface area contributed by atoms with Crippen molar-refractivity contribution in [1.82, 2.24) is 0 Å². The lowest BCUT2D eigenvalue weighted by molar-refractivity contribution is -0.124. The summed E-state index contributed by atoms with van der Waals surface area (Å²) in [6.45, 7) is 2.00. The van der Waals surface area contributed by atoms with Gasteiger partial charge in [-0.2, -0.15) is 0 Å². The van der Waals surface area contributed by atoms with Crippen LogP contribution in [0.25, 0.3) is 0 Å². The largest absolute Gasteiger partial charge is 0.389 e. The number of carbonyl (C=O) groups excluding carboxylic acids is 1. The van der Waals surface area contributed by atoms with Crippen LogP contribution in [0.3, 0.4) is 0 Å². The van der Waals surface area contributed by atoms with Gasteiger partial charge in [0, 0.05) is 19.3 Å². The number of ketones is 1. The molecule has 0 heterocycles. The molecule has 0 spiro atoms. The maximum atomic E-state index is 11.7. The van der Waals surface area contributed by atoms with Crippen LogP contribution >= 0.6 is 0 Å². The Bertz CT molecular complexity index is 411. The van der Waals surface area contributed by atoms with Crippen LogP contribution in [0.5, 0.6) is 0 Å². The molecule has 0 amide bonds. The highest BCUT2D eigenvalue weighted by Gasteiger charge is 2.33. The molecule has 92 valence electrons. The van der Waals surface area contributed by atoms with Crippen LogP contribution in [0.2, 0.25) is 0 Å². The normalized spacial score (nSPS) is 23.2. The van der Waals surface area contributed by atoms with E-state index in [-0.39, 0.29) is 5.78 Å². The standard InChI is InChI=1S/C15H20O2/c1-2-5-14(16)11-15(17)9-8-12-6-3-4-7-13(12)10-15/h3-4,6-7,17H,2,5,8-11H2,1H3. The molecule has 0 bridgehead atoms. The van der Waals surface area contributed by atoms with Crippen molar-refractivity contribution in [2.45, 2.75) is 51.0 Å². The van der Waals surface area contributed by atoms with Crippen LogP contribution in [-0.4, -0.2) is 16.5 Å². The van der Waals surface area contributed by atoms with Gasteiger partial charge < -0.3 is 5.11 Å². The van der Waals surface area contributed by atoms with Crippen LogP contribution in [0.1, 0.15) is 43.7 Å². The maximum absolute atomic E-state index is 11.7. The second-order valence-corrected chi connectivity index (χ2v) is 5.14. The molecule has 1 aliphatic rings. The van der Waals surface area contributed by atoms with Gasteiger partial charge in [0.05, 0.1) is 5.60 Å². The predicted octanol–water partition coefficient (Wildman–Crippen LogP) is 2.67. The Labute approximate surface area is 103 Å². The lowest BCUT2D eigenvalue weighted by Crippen LogP contribution is -2.38. The Morgan fingerprint density at radius 1 is 1.35 bits per heavy atom. The number of hydrogen-bond donors (Lipinski definition) is 1. The second-order valence-electron chi connectivity index (χ2n) is 5.14. The number of hydrogen-bond acceptors (Lipinski definition) is 2. The molecule has 17 heavy (non-hydrogen) atoms. The minimum absolute atomic E-state index is 0.189. The summed E-state index contributed by atoms with van der Waals surface area (Å²) >= 11 is 0. The van der Waals surface area contributed by atoms with Gasteiger partial charge in [-0.15, -0.1) is 0 Å². The minimum atomic E-state index is -0.805. The van der Waals surface area contributed by atoms with E-state index >= 15 is 0 Å². The Morgan fingerprint density at radius 3 is 2.76 bits per heavy atom. The lowest BCUT2D eigenvalue weighted by atomic mass is 9.77. The molecular weight excluding hydrogens is 212 g/mol. The van der Waals surface area contributed by atoms with E-state index in [0.717, 1.165) is 12.8 Å². The van der Waals surface area contributed by atoms with E-state index in [1.54, 1.807) is 0 Å². The number of fused-ring (bicyclic) bond motifs is 1. The summed E-state index contributed by atoms with van der Waals surface area (Å²) in [7, 11) is 0. The van der Waals surface area contributed by atoms with Crippen LogP contribution < -0.4 is 0 Å². The summed E-state index contributed by atoms with van der Waals surface area (Å²) in [6.07, 6.45) is 3.98. The summed E-state index contributed by atoms with van der Waals surface area (Å²) in [4.78, 5) is 11.7. The third kappa shape index (κ3) is 2.95. The Morgan fingerprint density at radius 2 is 2.06 bits per heavy atom. The van der Waals surface area contributed by atoms with E-state index in [9.17, 15) is 9.90 Å². The second kappa shape index (κ2) is 5.01. The SMILES string of the molecule is CCCC(=O)CC1(O)CCc2ccccc2C1. The first-order valence-electron chi connectivity index (χ1n) is 6.44. The van der Waals surface area contributed by atoms with Gasteiger partial charge in [-0.1, -0.05) is 31.2 Å². The Kier molecular flexibility index (Phi) is 3.63. The average molecular weight is 232 g/mol. The fourth-order valence-electron chi connectivity index (χ4n) is 2.67.